The monoisotopic (exact) mass is 274 g/mol. The Labute approximate surface area is 92.0 Å². The van der Waals surface area contributed by atoms with Crippen molar-refractivity contribution in [2.75, 3.05) is 0 Å². The van der Waals surface area contributed by atoms with Crippen LogP contribution in [0.5, 0.6) is 0 Å². The standard InChI is InChI=1S/C6H13F3O3Si3/c1-2-4-15(5-3-6(7,8)9)11-13-10-14-12-15/h2H,1,3-5,13-14H2. The van der Waals surface area contributed by atoms with Crippen LogP contribution in [0.1, 0.15) is 6.42 Å². The zero-order valence-corrected chi connectivity index (χ0v) is 12.0. The van der Waals surface area contributed by atoms with Crippen LogP contribution in [0.15, 0.2) is 12.7 Å². The molecule has 0 spiro atoms. The van der Waals surface area contributed by atoms with E-state index in [1.54, 1.807) is 6.08 Å². The highest BCUT2D eigenvalue weighted by Gasteiger charge is 2.42. The van der Waals surface area contributed by atoms with Crippen LogP contribution in [0.2, 0.25) is 12.1 Å². The van der Waals surface area contributed by atoms with Crippen molar-refractivity contribution in [2.24, 2.45) is 0 Å². The number of hydrogen-bond donors (Lipinski definition) is 0. The van der Waals surface area contributed by atoms with Crippen molar-refractivity contribution in [1.82, 2.24) is 0 Å². The lowest BCUT2D eigenvalue weighted by atomic mass is 10.5. The molecule has 0 aliphatic carbocycles. The molecule has 15 heavy (non-hydrogen) atoms. The summed E-state index contributed by atoms with van der Waals surface area (Å²) in [7, 11) is -4.83. The number of halogens is 3. The number of rotatable bonds is 4. The van der Waals surface area contributed by atoms with Crippen LogP contribution in [0.4, 0.5) is 13.2 Å². The molecule has 0 saturated carbocycles. The summed E-state index contributed by atoms with van der Waals surface area (Å²) in [6.45, 7) is 3.53. The maximum absolute atomic E-state index is 12.1. The van der Waals surface area contributed by atoms with Crippen LogP contribution in [0.25, 0.3) is 0 Å². The van der Waals surface area contributed by atoms with E-state index in [1.165, 1.54) is 0 Å². The fourth-order valence-corrected chi connectivity index (χ4v) is 9.94. The number of allylic oxidation sites excluding steroid dienone is 1. The molecule has 0 bridgehead atoms. The fraction of sp³-hybridized carbons (Fsp3) is 0.667. The van der Waals surface area contributed by atoms with Crippen molar-refractivity contribution in [1.29, 1.82) is 0 Å². The number of hydrogen-bond acceptors (Lipinski definition) is 3. The first-order chi connectivity index (χ1) is 6.97. The first kappa shape index (κ1) is 13.1. The van der Waals surface area contributed by atoms with E-state index in [0.29, 0.717) is 6.04 Å². The third-order valence-electron chi connectivity index (χ3n) is 2.06. The molecule has 1 rings (SSSR count). The van der Waals surface area contributed by atoms with Crippen LogP contribution in [0.3, 0.4) is 0 Å². The predicted octanol–water partition coefficient (Wildman–Crippen LogP) is 0.628. The molecule has 1 aliphatic heterocycles. The molecule has 1 saturated heterocycles. The Morgan fingerprint density at radius 1 is 1.27 bits per heavy atom. The lowest BCUT2D eigenvalue weighted by molar-refractivity contribution is -0.131. The Kier molecular flexibility index (Phi) is 4.73. The summed E-state index contributed by atoms with van der Waals surface area (Å²) in [4.78, 5) is 0. The number of alkyl halides is 3. The SMILES string of the molecule is C=CC[Si]1(CCC(F)(F)F)O[SiH2]O[SiH2]O1. The molecule has 0 amide bonds. The van der Waals surface area contributed by atoms with Crippen LogP contribution in [-0.4, -0.2) is 34.8 Å². The van der Waals surface area contributed by atoms with Crippen molar-refractivity contribution in [3.8, 4) is 0 Å². The molecule has 9 heteroatoms. The molecule has 0 aromatic heterocycles. The van der Waals surface area contributed by atoms with Gasteiger partial charge in [-0.25, -0.2) is 0 Å². The quantitative estimate of drug-likeness (QED) is 0.556. The maximum atomic E-state index is 12.1. The zero-order valence-electron chi connectivity index (χ0n) is 8.18. The maximum Gasteiger partial charge on any atom is 0.389 e. The van der Waals surface area contributed by atoms with E-state index in [4.69, 9.17) is 12.3 Å². The average molecular weight is 274 g/mol. The van der Waals surface area contributed by atoms with Gasteiger partial charge in [-0.1, -0.05) is 6.08 Å². The highest BCUT2D eigenvalue weighted by Crippen LogP contribution is 2.30. The summed E-state index contributed by atoms with van der Waals surface area (Å²) in [5.41, 5.74) is 0. The van der Waals surface area contributed by atoms with Gasteiger partial charge in [-0.15, -0.1) is 6.58 Å². The summed E-state index contributed by atoms with van der Waals surface area (Å²) in [6.07, 6.45) is -3.40. The first-order valence-corrected chi connectivity index (χ1v) is 9.05. The van der Waals surface area contributed by atoms with Gasteiger partial charge in [0.15, 0.2) is 0 Å². The van der Waals surface area contributed by atoms with E-state index in [2.05, 4.69) is 6.58 Å². The molecule has 1 fully saturated rings. The average Bonchev–Trinajstić information content (AvgIpc) is 2.16. The van der Waals surface area contributed by atoms with Gasteiger partial charge in [-0.3, -0.25) is 0 Å². The Bertz CT molecular complexity index is 217. The second-order valence-electron chi connectivity index (χ2n) is 3.25. The van der Waals surface area contributed by atoms with Crippen molar-refractivity contribution >= 4 is 28.6 Å². The van der Waals surface area contributed by atoms with Gasteiger partial charge in [-0.2, -0.15) is 13.2 Å². The molecule has 0 atom stereocenters. The Hall–Kier alpha value is 0.0606. The van der Waals surface area contributed by atoms with Gasteiger partial charge in [0.2, 0.25) is 0 Å². The third kappa shape index (κ3) is 4.61. The molecular formula is C6H13F3O3Si3. The molecule has 0 aromatic carbocycles. The minimum atomic E-state index is -4.14. The second-order valence-corrected chi connectivity index (χ2v) is 10.4. The van der Waals surface area contributed by atoms with Crippen molar-refractivity contribution in [3.63, 3.8) is 0 Å². The molecule has 0 N–H and O–H groups in total. The minimum absolute atomic E-state index is 0.0358. The molecule has 0 aromatic rings. The Morgan fingerprint density at radius 2 is 1.87 bits per heavy atom. The van der Waals surface area contributed by atoms with E-state index in [0.717, 1.165) is 0 Å². The molecule has 3 nitrogen and oxygen atoms in total. The first-order valence-electron chi connectivity index (χ1n) is 4.51. The van der Waals surface area contributed by atoms with Gasteiger partial charge in [0.05, 0.1) is 0 Å². The minimum Gasteiger partial charge on any atom is -0.425 e. The highest BCUT2D eigenvalue weighted by atomic mass is 28.5. The highest BCUT2D eigenvalue weighted by molar-refractivity contribution is 6.77. The lowest BCUT2D eigenvalue weighted by Crippen LogP contribution is -2.49. The summed E-state index contributed by atoms with van der Waals surface area (Å²) >= 11 is 0. The summed E-state index contributed by atoms with van der Waals surface area (Å²) in [5, 5.41) is 0. The van der Waals surface area contributed by atoms with E-state index in [-0.39, 0.29) is 6.04 Å². The smallest absolute Gasteiger partial charge is 0.389 e. The van der Waals surface area contributed by atoms with Crippen molar-refractivity contribution in [2.45, 2.75) is 24.7 Å². The summed E-state index contributed by atoms with van der Waals surface area (Å²) in [6, 6.07) is 0.387. The predicted molar refractivity (Wildman–Crippen MR) is 56.6 cm³/mol. The summed E-state index contributed by atoms with van der Waals surface area (Å²) in [5.74, 6) is 0. The third-order valence-corrected chi connectivity index (χ3v) is 10.5. The van der Waals surface area contributed by atoms with Gasteiger partial charge in [0.25, 0.3) is 20.0 Å². The topological polar surface area (TPSA) is 27.7 Å². The van der Waals surface area contributed by atoms with Crippen molar-refractivity contribution < 1.29 is 25.5 Å². The van der Waals surface area contributed by atoms with Gasteiger partial charge in [0, 0.05) is 12.5 Å². The molecule has 1 heterocycles. The Balaban J connectivity index is 2.52. The lowest BCUT2D eigenvalue weighted by Gasteiger charge is -2.34. The van der Waals surface area contributed by atoms with Gasteiger partial charge in [0.1, 0.15) is 0 Å². The van der Waals surface area contributed by atoms with E-state index >= 15 is 0 Å². The van der Waals surface area contributed by atoms with Crippen LogP contribution in [0, 0.1) is 0 Å². The second kappa shape index (κ2) is 5.41. The molecule has 1 aliphatic rings. The Morgan fingerprint density at radius 3 is 2.33 bits per heavy atom. The molecule has 0 unspecified atom stereocenters. The summed E-state index contributed by atoms with van der Waals surface area (Å²) < 4.78 is 52.1. The zero-order chi connectivity index (χ0) is 11.4. The van der Waals surface area contributed by atoms with Crippen molar-refractivity contribution in [3.05, 3.63) is 12.7 Å². The van der Waals surface area contributed by atoms with Crippen LogP contribution < -0.4 is 0 Å². The molecule has 0 radical (unpaired) electrons. The largest absolute Gasteiger partial charge is 0.425 e. The van der Waals surface area contributed by atoms with Gasteiger partial charge < -0.3 is 12.3 Å². The van der Waals surface area contributed by atoms with Crippen LogP contribution in [-0.2, 0) is 12.3 Å². The molecule has 88 valence electrons. The normalized spacial score (nSPS) is 30.9. The van der Waals surface area contributed by atoms with Crippen LogP contribution >= 0.6 is 0 Å². The van der Waals surface area contributed by atoms with Gasteiger partial charge in [-0.05, 0) is 6.04 Å². The fourth-order valence-electron chi connectivity index (χ4n) is 1.29. The van der Waals surface area contributed by atoms with E-state index in [1.807, 2.05) is 0 Å². The van der Waals surface area contributed by atoms with E-state index in [9.17, 15) is 13.2 Å². The van der Waals surface area contributed by atoms with Gasteiger partial charge >= 0.3 is 14.7 Å². The van der Waals surface area contributed by atoms with E-state index < -0.39 is 41.2 Å². The molecular weight excluding hydrogens is 261 g/mol.